The van der Waals surface area contributed by atoms with Gasteiger partial charge in [-0.1, -0.05) is 23.7 Å². The molecule has 0 fully saturated rings. The van der Waals surface area contributed by atoms with Crippen molar-refractivity contribution in [2.75, 3.05) is 5.43 Å². The lowest BCUT2D eigenvalue weighted by atomic mass is 10.2. The van der Waals surface area contributed by atoms with Gasteiger partial charge in [-0.25, -0.2) is 0 Å². The van der Waals surface area contributed by atoms with Crippen molar-refractivity contribution in [1.29, 1.82) is 0 Å². The number of halogens is 4. The van der Waals surface area contributed by atoms with E-state index in [4.69, 9.17) is 11.6 Å². The molecule has 23 heavy (non-hydrogen) atoms. The summed E-state index contributed by atoms with van der Waals surface area (Å²) >= 11 is 5.86. The molecule has 0 amide bonds. The van der Waals surface area contributed by atoms with E-state index in [0.29, 0.717) is 0 Å². The highest BCUT2D eigenvalue weighted by molar-refractivity contribution is 6.33. The summed E-state index contributed by atoms with van der Waals surface area (Å²) in [6.07, 6.45) is -3.41. The number of alkyl halides is 3. The maximum atomic E-state index is 12.8. The molecule has 0 aromatic heterocycles. The Hall–Kier alpha value is -2.61. The zero-order valence-electron chi connectivity index (χ0n) is 11.3. The summed E-state index contributed by atoms with van der Waals surface area (Å²) in [6, 6.07) is 8.51. The Morgan fingerprint density at radius 3 is 2.57 bits per heavy atom. The number of hydrogen-bond acceptors (Lipinski definition) is 4. The molecule has 2 aromatic rings. The number of nitro benzene ring substituents is 1. The average Bonchev–Trinajstić information content (AvgIpc) is 2.48. The quantitative estimate of drug-likeness (QED) is 0.496. The third-order valence-electron chi connectivity index (χ3n) is 2.81. The minimum absolute atomic E-state index is 0.185. The van der Waals surface area contributed by atoms with Crippen LogP contribution in [0.3, 0.4) is 0 Å². The lowest BCUT2D eigenvalue weighted by molar-refractivity contribution is -0.384. The number of para-hydroxylation sites is 1. The maximum Gasteiger partial charge on any atom is 0.418 e. The molecule has 0 spiro atoms. The molecular weight excluding hydrogens is 335 g/mol. The molecule has 2 rings (SSSR count). The van der Waals surface area contributed by atoms with Crippen LogP contribution in [-0.2, 0) is 6.18 Å². The molecule has 0 heterocycles. The predicted octanol–water partition coefficient (Wildman–Crippen LogP) is 4.71. The van der Waals surface area contributed by atoms with E-state index >= 15 is 0 Å². The van der Waals surface area contributed by atoms with E-state index in [0.717, 1.165) is 12.3 Å². The van der Waals surface area contributed by atoms with Crippen molar-refractivity contribution in [2.24, 2.45) is 5.10 Å². The van der Waals surface area contributed by atoms with Gasteiger partial charge in [-0.15, -0.1) is 0 Å². The van der Waals surface area contributed by atoms with E-state index in [9.17, 15) is 23.3 Å². The standard InChI is InChI=1S/C14H9ClF3N3O2/c15-12-6-5-10(21(22)23)7-9(12)8-19-20-13-4-2-1-3-11(13)14(16,17)18/h1-8,20H/b19-8-. The number of nitrogens with one attached hydrogen (secondary N) is 1. The number of hydrogen-bond donors (Lipinski definition) is 1. The lowest BCUT2D eigenvalue weighted by Gasteiger charge is -2.11. The second-order valence-electron chi connectivity index (χ2n) is 4.38. The van der Waals surface area contributed by atoms with Gasteiger partial charge in [-0.3, -0.25) is 15.5 Å². The van der Waals surface area contributed by atoms with Crippen LogP contribution in [0.4, 0.5) is 24.5 Å². The number of rotatable bonds is 4. The van der Waals surface area contributed by atoms with Crippen LogP contribution in [0.1, 0.15) is 11.1 Å². The normalized spacial score (nSPS) is 11.7. The molecule has 5 nitrogen and oxygen atoms in total. The summed E-state index contributed by atoms with van der Waals surface area (Å²) in [4.78, 5) is 10.1. The lowest BCUT2D eigenvalue weighted by Crippen LogP contribution is -2.08. The molecule has 0 saturated heterocycles. The highest BCUT2D eigenvalue weighted by atomic mass is 35.5. The molecule has 0 aliphatic rings. The Labute approximate surface area is 133 Å². The summed E-state index contributed by atoms with van der Waals surface area (Å²) < 4.78 is 38.4. The second-order valence-corrected chi connectivity index (χ2v) is 4.78. The SMILES string of the molecule is O=[N+]([O-])c1ccc(Cl)c(/C=N\Nc2ccccc2C(F)(F)F)c1. The maximum absolute atomic E-state index is 12.8. The van der Waals surface area contributed by atoms with Crippen molar-refractivity contribution in [3.8, 4) is 0 Å². The number of hydrazone groups is 1. The van der Waals surface area contributed by atoms with E-state index in [1.807, 2.05) is 0 Å². The Kier molecular flexibility index (Phi) is 4.85. The van der Waals surface area contributed by atoms with E-state index in [1.54, 1.807) is 0 Å². The van der Waals surface area contributed by atoms with Crippen LogP contribution in [0.15, 0.2) is 47.6 Å². The molecule has 120 valence electrons. The summed E-state index contributed by atoms with van der Waals surface area (Å²) in [7, 11) is 0. The number of nitro groups is 1. The van der Waals surface area contributed by atoms with Gasteiger partial charge < -0.3 is 0 Å². The van der Waals surface area contributed by atoms with Crippen molar-refractivity contribution in [3.05, 3.63) is 68.7 Å². The third kappa shape index (κ3) is 4.19. The average molecular weight is 344 g/mol. The Morgan fingerprint density at radius 2 is 1.91 bits per heavy atom. The topological polar surface area (TPSA) is 67.5 Å². The number of benzene rings is 2. The molecule has 0 aliphatic heterocycles. The summed E-state index contributed by atoms with van der Waals surface area (Å²) in [6.45, 7) is 0. The fourth-order valence-corrected chi connectivity index (χ4v) is 1.91. The predicted molar refractivity (Wildman–Crippen MR) is 80.8 cm³/mol. The highest BCUT2D eigenvalue weighted by Crippen LogP contribution is 2.34. The van der Waals surface area contributed by atoms with Gasteiger partial charge >= 0.3 is 6.18 Å². The third-order valence-corrected chi connectivity index (χ3v) is 3.16. The van der Waals surface area contributed by atoms with Crippen LogP contribution in [0.25, 0.3) is 0 Å². The molecule has 0 saturated carbocycles. The summed E-state index contributed by atoms with van der Waals surface area (Å²) in [5.74, 6) is 0. The first-order chi connectivity index (χ1) is 10.8. The van der Waals surface area contributed by atoms with E-state index < -0.39 is 16.7 Å². The monoisotopic (exact) mass is 343 g/mol. The molecule has 0 atom stereocenters. The summed E-state index contributed by atoms with van der Waals surface area (Å²) in [5, 5.41) is 14.5. The molecule has 0 aliphatic carbocycles. The van der Waals surface area contributed by atoms with Crippen LogP contribution in [0, 0.1) is 10.1 Å². The van der Waals surface area contributed by atoms with Gasteiger partial charge in [0, 0.05) is 22.7 Å². The Morgan fingerprint density at radius 1 is 1.22 bits per heavy atom. The largest absolute Gasteiger partial charge is 0.418 e. The molecule has 0 bridgehead atoms. The molecular formula is C14H9ClF3N3O2. The molecule has 0 radical (unpaired) electrons. The molecule has 2 aromatic carbocycles. The van der Waals surface area contributed by atoms with Crippen molar-refractivity contribution in [3.63, 3.8) is 0 Å². The van der Waals surface area contributed by atoms with E-state index in [1.165, 1.54) is 36.4 Å². The Balaban J connectivity index is 2.24. The van der Waals surface area contributed by atoms with Gasteiger partial charge in [-0.2, -0.15) is 18.3 Å². The van der Waals surface area contributed by atoms with Crippen molar-refractivity contribution in [2.45, 2.75) is 6.18 Å². The molecule has 9 heteroatoms. The first-order valence-electron chi connectivity index (χ1n) is 6.18. The fourth-order valence-electron chi connectivity index (χ4n) is 1.74. The van der Waals surface area contributed by atoms with Gasteiger partial charge in [-0.05, 0) is 18.2 Å². The molecule has 0 unspecified atom stereocenters. The van der Waals surface area contributed by atoms with Gasteiger partial charge in [0.05, 0.1) is 22.4 Å². The van der Waals surface area contributed by atoms with E-state index in [-0.39, 0.29) is 22.0 Å². The minimum Gasteiger partial charge on any atom is -0.278 e. The van der Waals surface area contributed by atoms with Gasteiger partial charge in [0.25, 0.3) is 5.69 Å². The van der Waals surface area contributed by atoms with Gasteiger partial charge in [0.2, 0.25) is 0 Å². The van der Waals surface area contributed by atoms with Crippen LogP contribution in [0.2, 0.25) is 5.02 Å². The highest BCUT2D eigenvalue weighted by Gasteiger charge is 2.33. The van der Waals surface area contributed by atoms with Crippen molar-refractivity contribution in [1.82, 2.24) is 0 Å². The van der Waals surface area contributed by atoms with Crippen LogP contribution >= 0.6 is 11.6 Å². The summed E-state index contributed by atoms with van der Waals surface area (Å²) in [5.41, 5.74) is 1.16. The first-order valence-corrected chi connectivity index (χ1v) is 6.56. The number of non-ortho nitro benzene ring substituents is 1. The smallest absolute Gasteiger partial charge is 0.278 e. The zero-order chi connectivity index (χ0) is 17.0. The fraction of sp³-hybridized carbons (Fsp3) is 0.0714. The Bertz CT molecular complexity index is 763. The van der Waals surface area contributed by atoms with Crippen LogP contribution < -0.4 is 5.43 Å². The second kappa shape index (κ2) is 6.66. The van der Waals surface area contributed by atoms with Crippen LogP contribution in [-0.4, -0.2) is 11.1 Å². The minimum atomic E-state index is -4.53. The molecule has 1 N–H and O–H groups in total. The van der Waals surface area contributed by atoms with Gasteiger partial charge in [0.1, 0.15) is 0 Å². The van der Waals surface area contributed by atoms with Crippen molar-refractivity contribution >= 4 is 29.2 Å². The zero-order valence-corrected chi connectivity index (χ0v) is 12.1. The van der Waals surface area contributed by atoms with E-state index in [2.05, 4.69) is 10.5 Å². The first kappa shape index (κ1) is 16.8. The van der Waals surface area contributed by atoms with Crippen molar-refractivity contribution < 1.29 is 18.1 Å². The van der Waals surface area contributed by atoms with Gasteiger partial charge in [0.15, 0.2) is 0 Å². The number of anilines is 1. The number of nitrogens with zero attached hydrogens (tertiary/aromatic N) is 2. The van der Waals surface area contributed by atoms with Crippen LogP contribution in [0.5, 0.6) is 0 Å².